The summed E-state index contributed by atoms with van der Waals surface area (Å²) in [6.07, 6.45) is 0. The molecule has 0 N–H and O–H groups in total. The number of carbonyl (C=O) groups excluding carboxylic acids is 1. The normalized spacial score (nSPS) is 9.50. The summed E-state index contributed by atoms with van der Waals surface area (Å²) in [4.78, 5) is 20.4. The van der Waals surface area contributed by atoms with E-state index in [9.17, 15) is 14.9 Å². The Morgan fingerprint density at radius 3 is 2.86 bits per heavy atom. The summed E-state index contributed by atoms with van der Waals surface area (Å²) in [6.45, 7) is 1.32. The Morgan fingerprint density at radius 2 is 2.29 bits per heavy atom. The molecule has 0 amide bonds. The largest absolute Gasteiger partial charge is 0.486 e. The third-order valence-electron chi connectivity index (χ3n) is 1.47. The molecule has 0 aromatic heterocycles. The van der Waals surface area contributed by atoms with Gasteiger partial charge in [-0.15, -0.1) is 0 Å². The fourth-order valence-corrected chi connectivity index (χ4v) is 0.872. The fourth-order valence-electron chi connectivity index (χ4n) is 0.872. The maximum absolute atomic E-state index is 10.6. The molecular formula is C9H9NO4. The van der Waals surface area contributed by atoms with Crippen LogP contribution in [-0.2, 0) is 4.79 Å². The van der Waals surface area contributed by atoms with Gasteiger partial charge >= 0.3 is 0 Å². The lowest BCUT2D eigenvalue weighted by atomic mass is 10.3. The molecular weight excluding hydrogens is 186 g/mol. The van der Waals surface area contributed by atoms with Crippen molar-refractivity contribution in [2.24, 2.45) is 0 Å². The molecule has 0 aliphatic rings. The first kappa shape index (κ1) is 10.2. The molecule has 1 rings (SSSR count). The number of Topliss-reactive ketones (excluding diaryl/α,β-unsaturated/α-hetero) is 1. The molecule has 0 heterocycles. The predicted molar refractivity (Wildman–Crippen MR) is 49.3 cm³/mol. The van der Waals surface area contributed by atoms with Crippen LogP contribution < -0.4 is 4.74 Å². The molecule has 0 spiro atoms. The Bertz CT molecular complexity index is 362. The van der Waals surface area contributed by atoms with E-state index in [2.05, 4.69) is 0 Å². The third kappa shape index (κ3) is 2.85. The first-order valence-corrected chi connectivity index (χ1v) is 3.96. The molecule has 0 saturated heterocycles. The second kappa shape index (κ2) is 4.36. The fraction of sp³-hybridized carbons (Fsp3) is 0.222. The van der Waals surface area contributed by atoms with Crippen LogP contribution in [0.1, 0.15) is 6.92 Å². The van der Waals surface area contributed by atoms with Crippen molar-refractivity contribution in [2.45, 2.75) is 6.92 Å². The molecule has 1 aromatic carbocycles. The topological polar surface area (TPSA) is 69.4 Å². The van der Waals surface area contributed by atoms with Gasteiger partial charge in [0, 0.05) is 6.07 Å². The van der Waals surface area contributed by atoms with Crippen LogP contribution in [0.5, 0.6) is 5.75 Å². The SMILES string of the molecule is CC(=O)COc1cccc([N+](=O)[O-])c1. The summed E-state index contributed by atoms with van der Waals surface area (Å²) < 4.78 is 5.00. The number of nitrogens with zero attached hydrogens (tertiary/aromatic N) is 1. The second-order valence-electron chi connectivity index (χ2n) is 2.75. The van der Waals surface area contributed by atoms with Crippen molar-refractivity contribution in [1.29, 1.82) is 0 Å². The van der Waals surface area contributed by atoms with E-state index in [1.807, 2.05) is 0 Å². The highest BCUT2D eigenvalue weighted by Crippen LogP contribution is 2.18. The zero-order valence-electron chi connectivity index (χ0n) is 7.60. The van der Waals surface area contributed by atoms with Crippen molar-refractivity contribution in [3.8, 4) is 5.75 Å². The van der Waals surface area contributed by atoms with Crippen LogP contribution in [0.4, 0.5) is 5.69 Å². The Hall–Kier alpha value is -1.91. The molecule has 0 unspecified atom stereocenters. The summed E-state index contributed by atoms with van der Waals surface area (Å²) in [7, 11) is 0. The molecule has 0 aliphatic heterocycles. The molecule has 14 heavy (non-hydrogen) atoms. The maximum Gasteiger partial charge on any atom is 0.273 e. The summed E-state index contributed by atoms with van der Waals surface area (Å²) in [5, 5.41) is 10.4. The van der Waals surface area contributed by atoms with Crippen molar-refractivity contribution in [2.75, 3.05) is 6.61 Å². The smallest absolute Gasteiger partial charge is 0.273 e. The van der Waals surface area contributed by atoms with Crippen molar-refractivity contribution in [1.82, 2.24) is 0 Å². The van der Waals surface area contributed by atoms with Gasteiger partial charge in [0.1, 0.15) is 12.4 Å². The lowest BCUT2D eigenvalue weighted by molar-refractivity contribution is -0.384. The van der Waals surface area contributed by atoms with Gasteiger partial charge in [-0.25, -0.2) is 0 Å². The average molecular weight is 195 g/mol. The molecule has 0 radical (unpaired) electrons. The van der Waals surface area contributed by atoms with Gasteiger partial charge in [0.05, 0.1) is 11.0 Å². The highest BCUT2D eigenvalue weighted by molar-refractivity contribution is 5.77. The van der Waals surface area contributed by atoms with E-state index in [-0.39, 0.29) is 18.1 Å². The van der Waals surface area contributed by atoms with E-state index < -0.39 is 4.92 Å². The van der Waals surface area contributed by atoms with Gasteiger partial charge < -0.3 is 4.74 Å². The number of rotatable bonds is 4. The van der Waals surface area contributed by atoms with Crippen LogP contribution in [0.2, 0.25) is 0 Å². The maximum atomic E-state index is 10.6. The second-order valence-corrected chi connectivity index (χ2v) is 2.75. The van der Waals surface area contributed by atoms with Gasteiger partial charge in [-0.05, 0) is 13.0 Å². The lowest BCUT2D eigenvalue weighted by Crippen LogP contribution is -2.06. The van der Waals surface area contributed by atoms with Crippen molar-refractivity contribution < 1.29 is 14.5 Å². The van der Waals surface area contributed by atoms with E-state index in [0.717, 1.165) is 0 Å². The van der Waals surface area contributed by atoms with Gasteiger partial charge in [0.15, 0.2) is 5.78 Å². The molecule has 74 valence electrons. The summed E-state index contributed by atoms with van der Waals surface area (Å²) >= 11 is 0. The number of nitro groups is 1. The summed E-state index contributed by atoms with van der Waals surface area (Å²) in [6, 6.07) is 5.72. The van der Waals surface area contributed by atoms with E-state index in [1.165, 1.54) is 25.1 Å². The lowest BCUT2D eigenvalue weighted by Gasteiger charge is -2.02. The Kier molecular flexibility index (Phi) is 3.17. The Balaban J connectivity index is 2.73. The molecule has 5 nitrogen and oxygen atoms in total. The van der Waals surface area contributed by atoms with Crippen LogP contribution in [0.3, 0.4) is 0 Å². The number of hydrogen-bond acceptors (Lipinski definition) is 4. The van der Waals surface area contributed by atoms with Gasteiger partial charge in [-0.3, -0.25) is 14.9 Å². The number of ketones is 1. The Labute approximate surface area is 80.5 Å². The molecule has 0 fully saturated rings. The number of ether oxygens (including phenoxy) is 1. The first-order chi connectivity index (χ1) is 6.59. The van der Waals surface area contributed by atoms with Gasteiger partial charge in [0.2, 0.25) is 0 Å². The molecule has 5 heteroatoms. The highest BCUT2D eigenvalue weighted by Gasteiger charge is 2.06. The number of nitro benzene ring substituents is 1. The van der Waals surface area contributed by atoms with E-state index in [0.29, 0.717) is 5.75 Å². The molecule has 0 atom stereocenters. The molecule has 0 saturated carbocycles. The first-order valence-electron chi connectivity index (χ1n) is 3.96. The predicted octanol–water partition coefficient (Wildman–Crippen LogP) is 1.56. The number of benzene rings is 1. The Morgan fingerprint density at radius 1 is 1.57 bits per heavy atom. The minimum atomic E-state index is -0.513. The standard InChI is InChI=1S/C9H9NO4/c1-7(11)6-14-9-4-2-3-8(5-9)10(12)13/h2-5H,6H2,1H3. The van der Waals surface area contributed by atoms with Gasteiger partial charge in [-0.2, -0.15) is 0 Å². The quantitative estimate of drug-likeness (QED) is 0.540. The highest BCUT2D eigenvalue weighted by atomic mass is 16.6. The molecule has 0 bridgehead atoms. The number of hydrogen-bond donors (Lipinski definition) is 0. The van der Waals surface area contributed by atoms with Crippen LogP contribution in [0.15, 0.2) is 24.3 Å². The minimum Gasteiger partial charge on any atom is -0.486 e. The van der Waals surface area contributed by atoms with Crippen molar-refractivity contribution in [3.63, 3.8) is 0 Å². The van der Waals surface area contributed by atoms with E-state index >= 15 is 0 Å². The minimum absolute atomic E-state index is 0.0500. The van der Waals surface area contributed by atoms with Crippen molar-refractivity contribution >= 4 is 11.5 Å². The van der Waals surface area contributed by atoms with Gasteiger partial charge in [0.25, 0.3) is 5.69 Å². The average Bonchev–Trinajstić information content (AvgIpc) is 2.15. The summed E-state index contributed by atoms with van der Waals surface area (Å²) in [5.74, 6) is 0.200. The molecule has 0 aliphatic carbocycles. The zero-order valence-corrected chi connectivity index (χ0v) is 7.60. The third-order valence-corrected chi connectivity index (χ3v) is 1.47. The van der Waals surface area contributed by atoms with E-state index in [4.69, 9.17) is 4.74 Å². The van der Waals surface area contributed by atoms with Crippen LogP contribution in [0.25, 0.3) is 0 Å². The van der Waals surface area contributed by atoms with Crippen molar-refractivity contribution in [3.05, 3.63) is 34.4 Å². The number of carbonyl (C=O) groups is 1. The monoisotopic (exact) mass is 195 g/mol. The number of non-ortho nitro benzene ring substituents is 1. The van der Waals surface area contributed by atoms with E-state index in [1.54, 1.807) is 6.07 Å². The molecule has 1 aromatic rings. The van der Waals surface area contributed by atoms with Crippen LogP contribution in [0, 0.1) is 10.1 Å². The summed E-state index contributed by atoms with van der Waals surface area (Å²) in [5.41, 5.74) is -0.0500. The van der Waals surface area contributed by atoms with Crippen LogP contribution >= 0.6 is 0 Å². The van der Waals surface area contributed by atoms with Gasteiger partial charge in [-0.1, -0.05) is 6.07 Å². The van der Waals surface area contributed by atoms with Crippen LogP contribution in [-0.4, -0.2) is 17.3 Å². The zero-order chi connectivity index (χ0) is 10.6.